The molecule has 156 valence electrons. The number of amides is 1. The monoisotopic (exact) mass is 421 g/mol. The van der Waals surface area contributed by atoms with Gasteiger partial charge in [-0.2, -0.15) is 0 Å². The van der Waals surface area contributed by atoms with E-state index >= 15 is 0 Å². The van der Waals surface area contributed by atoms with Gasteiger partial charge in [0.1, 0.15) is 0 Å². The summed E-state index contributed by atoms with van der Waals surface area (Å²) in [5.41, 5.74) is 2.58. The molecule has 0 saturated heterocycles. The van der Waals surface area contributed by atoms with Gasteiger partial charge in [-0.3, -0.25) is 14.2 Å². The van der Waals surface area contributed by atoms with E-state index in [2.05, 4.69) is 24.4 Å². The zero-order valence-corrected chi connectivity index (χ0v) is 18.1. The van der Waals surface area contributed by atoms with Crippen molar-refractivity contribution in [1.29, 1.82) is 0 Å². The minimum Gasteiger partial charge on any atom is -0.355 e. The molecule has 0 radical (unpaired) electrons. The molecule has 0 aliphatic heterocycles. The molecule has 1 N–H and O–H groups in total. The van der Waals surface area contributed by atoms with Crippen molar-refractivity contribution in [1.82, 2.24) is 14.9 Å². The molecular weight excluding hydrogens is 394 g/mol. The number of nitrogens with zero attached hydrogens (tertiary/aromatic N) is 2. The molecule has 1 aromatic heterocycles. The van der Waals surface area contributed by atoms with Crippen molar-refractivity contribution in [3.63, 3.8) is 0 Å². The van der Waals surface area contributed by atoms with E-state index in [1.165, 1.54) is 30.2 Å². The average Bonchev–Trinajstić information content (AvgIpc) is 3.60. The van der Waals surface area contributed by atoms with Gasteiger partial charge in [0.05, 0.1) is 22.3 Å². The fraction of sp³-hybridized carbons (Fsp3) is 0.375. The molecular formula is C24H27N3O2S. The lowest BCUT2D eigenvalue weighted by Gasteiger charge is -2.14. The molecule has 4 rings (SSSR count). The van der Waals surface area contributed by atoms with Crippen LogP contribution in [0.25, 0.3) is 16.6 Å². The van der Waals surface area contributed by atoms with Crippen molar-refractivity contribution >= 4 is 28.6 Å². The molecule has 1 saturated carbocycles. The van der Waals surface area contributed by atoms with E-state index in [0.717, 1.165) is 31.5 Å². The van der Waals surface area contributed by atoms with Crippen molar-refractivity contribution in [2.45, 2.75) is 44.2 Å². The molecule has 1 fully saturated rings. The average molecular weight is 422 g/mol. The molecule has 1 heterocycles. The van der Waals surface area contributed by atoms with Gasteiger partial charge in [-0.05, 0) is 61.4 Å². The quantitative estimate of drug-likeness (QED) is 0.412. The molecule has 0 spiro atoms. The molecule has 1 amide bonds. The molecule has 1 aliphatic rings. The van der Waals surface area contributed by atoms with Crippen LogP contribution in [0.1, 0.15) is 38.2 Å². The van der Waals surface area contributed by atoms with Gasteiger partial charge in [-0.25, -0.2) is 4.98 Å². The van der Waals surface area contributed by atoms with Crippen LogP contribution in [0.3, 0.4) is 0 Å². The van der Waals surface area contributed by atoms with Crippen LogP contribution in [0.5, 0.6) is 0 Å². The van der Waals surface area contributed by atoms with Gasteiger partial charge in [-0.1, -0.05) is 49.4 Å². The Morgan fingerprint density at radius 1 is 1.17 bits per heavy atom. The predicted molar refractivity (Wildman–Crippen MR) is 122 cm³/mol. The number of aromatic nitrogens is 2. The Bertz CT molecular complexity index is 1090. The van der Waals surface area contributed by atoms with Gasteiger partial charge < -0.3 is 5.32 Å². The van der Waals surface area contributed by atoms with E-state index in [1.807, 2.05) is 30.3 Å². The summed E-state index contributed by atoms with van der Waals surface area (Å²) in [5.74, 6) is 0.865. The number of rotatable bonds is 9. The number of hydrogen-bond donors (Lipinski definition) is 1. The molecule has 0 atom stereocenters. The Morgan fingerprint density at radius 3 is 2.67 bits per heavy atom. The number of thioether (sulfide) groups is 1. The highest BCUT2D eigenvalue weighted by atomic mass is 32.2. The van der Waals surface area contributed by atoms with Crippen molar-refractivity contribution in [3.8, 4) is 5.69 Å². The summed E-state index contributed by atoms with van der Waals surface area (Å²) in [7, 11) is 0. The van der Waals surface area contributed by atoms with E-state index in [1.54, 1.807) is 10.6 Å². The summed E-state index contributed by atoms with van der Waals surface area (Å²) >= 11 is 1.31. The van der Waals surface area contributed by atoms with Crippen LogP contribution in [-0.4, -0.2) is 27.8 Å². The summed E-state index contributed by atoms with van der Waals surface area (Å²) in [6.45, 7) is 2.93. The van der Waals surface area contributed by atoms with Crippen LogP contribution in [0.2, 0.25) is 0 Å². The van der Waals surface area contributed by atoms with Crippen LogP contribution in [0.15, 0.2) is 58.5 Å². The molecule has 2 aromatic carbocycles. The Kier molecular flexibility index (Phi) is 6.53. The molecule has 3 aromatic rings. The summed E-state index contributed by atoms with van der Waals surface area (Å²) in [6.07, 6.45) is 5.73. The number of carbonyl (C=O) groups excluding carboxylic acids is 1. The Labute approximate surface area is 180 Å². The minimum atomic E-state index is -0.109. The van der Waals surface area contributed by atoms with E-state index < -0.39 is 0 Å². The van der Waals surface area contributed by atoms with Gasteiger partial charge in [0, 0.05) is 6.54 Å². The number of unbranched alkanes of at least 4 members (excludes halogenated alkanes) is 1. The van der Waals surface area contributed by atoms with Crippen LogP contribution >= 0.6 is 11.8 Å². The fourth-order valence-corrected chi connectivity index (χ4v) is 4.23. The highest BCUT2D eigenvalue weighted by Gasteiger charge is 2.22. The van der Waals surface area contributed by atoms with E-state index in [4.69, 9.17) is 4.98 Å². The van der Waals surface area contributed by atoms with Crippen molar-refractivity contribution in [2.24, 2.45) is 5.92 Å². The van der Waals surface area contributed by atoms with E-state index in [9.17, 15) is 9.59 Å². The first-order chi connectivity index (χ1) is 14.7. The number of para-hydroxylation sites is 1. The number of aryl methyl sites for hydroxylation is 1. The van der Waals surface area contributed by atoms with Crippen molar-refractivity contribution < 1.29 is 4.79 Å². The minimum absolute atomic E-state index is 0.0178. The second kappa shape index (κ2) is 9.47. The lowest BCUT2D eigenvalue weighted by Crippen LogP contribution is -2.28. The van der Waals surface area contributed by atoms with Gasteiger partial charge >= 0.3 is 0 Å². The number of benzene rings is 2. The molecule has 30 heavy (non-hydrogen) atoms. The Morgan fingerprint density at radius 2 is 1.93 bits per heavy atom. The second-order valence-corrected chi connectivity index (χ2v) is 8.80. The van der Waals surface area contributed by atoms with Crippen molar-refractivity contribution in [2.75, 3.05) is 12.3 Å². The summed E-state index contributed by atoms with van der Waals surface area (Å²) in [6, 6.07) is 15.5. The third kappa shape index (κ3) is 4.93. The smallest absolute Gasteiger partial charge is 0.266 e. The van der Waals surface area contributed by atoms with E-state index in [-0.39, 0.29) is 17.2 Å². The van der Waals surface area contributed by atoms with Crippen LogP contribution in [0.4, 0.5) is 0 Å². The van der Waals surface area contributed by atoms with Gasteiger partial charge in [-0.15, -0.1) is 0 Å². The largest absolute Gasteiger partial charge is 0.355 e. The maximum absolute atomic E-state index is 13.3. The summed E-state index contributed by atoms with van der Waals surface area (Å²) < 4.78 is 1.63. The maximum Gasteiger partial charge on any atom is 0.266 e. The molecule has 6 heteroatoms. The Hall–Kier alpha value is -2.60. The lowest BCUT2D eigenvalue weighted by molar-refractivity contribution is -0.118. The normalized spacial score (nSPS) is 13.5. The first-order valence-electron chi connectivity index (χ1n) is 10.7. The number of nitrogens with one attached hydrogen (secondary N) is 1. The first-order valence-corrected chi connectivity index (χ1v) is 11.6. The van der Waals surface area contributed by atoms with Gasteiger partial charge in [0.15, 0.2) is 5.16 Å². The lowest BCUT2D eigenvalue weighted by atomic mass is 10.1. The van der Waals surface area contributed by atoms with E-state index in [0.29, 0.717) is 22.0 Å². The highest BCUT2D eigenvalue weighted by Crippen LogP contribution is 2.27. The SMILES string of the molecule is CCCCc1ccc(-n2c(SCC(=O)NCC3CC3)nc3ccccc3c2=O)cc1. The topological polar surface area (TPSA) is 64.0 Å². The third-order valence-electron chi connectivity index (χ3n) is 5.38. The number of fused-ring (bicyclic) bond motifs is 1. The summed E-state index contributed by atoms with van der Waals surface area (Å²) in [4.78, 5) is 30.2. The van der Waals surface area contributed by atoms with Crippen LogP contribution in [-0.2, 0) is 11.2 Å². The van der Waals surface area contributed by atoms with Crippen LogP contribution < -0.4 is 10.9 Å². The zero-order valence-electron chi connectivity index (χ0n) is 17.3. The standard InChI is InChI=1S/C24H27N3O2S/c1-2-3-6-17-11-13-19(14-12-17)27-23(29)20-7-4-5-8-21(20)26-24(27)30-16-22(28)25-15-18-9-10-18/h4-5,7-8,11-14,18H,2-3,6,9-10,15-16H2,1H3,(H,25,28). The summed E-state index contributed by atoms with van der Waals surface area (Å²) in [5, 5.41) is 4.10. The molecule has 0 unspecified atom stereocenters. The Balaban J connectivity index is 1.63. The van der Waals surface area contributed by atoms with Crippen molar-refractivity contribution in [3.05, 3.63) is 64.4 Å². The highest BCUT2D eigenvalue weighted by molar-refractivity contribution is 7.99. The van der Waals surface area contributed by atoms with Crippen LogP contribution in [0, 0.1) is 5.92 Å². The maximum atomic E-state index is 13.3. The molecule has 1 aliphatic carbocycles. The predicted octanol–water partition coefficient (Wildman–Crippen LogP) is 4.35. The van der Waals surface area contributed by atoms with Gasteiger partial charge in [0.2, 0.25) is 5.91 Å². The number of hydrogen-bond acceptors (Lipinski definition) is 4. The zero-order chi connectivity index (χ0) is 20.9. The first kappa shape index (κ1) is 20.7. The third-order valence-corrected chi connectivity index (χ3v) is 6.31. The van der Waals surface area contributed by atoms with Gasteiger partial charge in [0.25, 0.3) is 5.56 Å². The molecule has 5 nitrogen and oxygen atoms in total. The number of carbonyl (C=O) groups is 1. The molecule has 0 bridgehead atoms. The fourth-order valence-electron chi connectivity index (χ4n) is 3.39. The second-order valence-electron chi connectivity index (χ2n) is 7.86.